The van der Waals surface area contributed by atoms with Crippen molar-refractivity contribution in [3.63, 3.8) is 0 Å². The summed E-state index contributed by atoms with van der Waals surface area (Å²) < 4.78 is 2.40. The Kier molecular flexibility index (Phi) is 8.84. The predicted molar refractivity (Wildman–Crippen MR) is 288 cm³/mol. The van der Waals surface area contributed by atoms with Gasteiger partial charge < -0.3 is 9.47 Å². The first-order valence-electron chi connectivity index (χ1n) is 23.9. The fraction of sp³-hybridized carbons (Fsp3) is 0.0149. The summed E-state index contributed by atoms with van der Waals surface area (Å²) in [5, 5.41) is 2.49. The van der Waals surface area contributed by atoms with Crippen LogP contribution in [-0.2, 0) is 5.41 Å². The lowest BCUT2D eigenvalue weighted by Crippen LogP contribution is -2.26. The molecular weight excluding hydrogens is 833 g/mol. The summed E-state index contributed by atoms with van der Waals surface area (Å²) in [6, 6.07) is 98.3. The van der Waals surface area contributed by atoms with E-state index in [1.165, 1.54) is 99.7 Å². The van der Waals surface area contributed by atoms with Crippen molar-refractivity contribution in [2.45, 2.75) is 5.41 Å². The molecule has 322 valence electrons. The molecule has 0 aliphatic heterocycles. The van der Waals surface area contributed by atoms with Crippen LogP contribution in [0.25, 0.3) is 83.1 Å². The molecule has 0 radical (unpaired) electrons. The second-order valence-electron chi connectivity index (χ2n) is 18.4. The summed E-state index contributed by atoms with van der Waals surface area (Å²) >= 11 is 0. The first kappa shape index (κ1) is 39.2. The van der Waals surface area contributed by atoms with Crippen LogP contribution in [0.2, 0.25) is 0 Å². The average Bonchev–Trinajstić information content (AvgIpc) is 4.03. The van der Waals surface area contributed by atoms with Crippen LogP contribution in [0.15, 0.2) is 267 Å². The maximum atomic E-state index is 2.47. The number of benzene rings is 11. The van der Waals surface area contributed by atoms with Crippen LogP contribution in [0.5, 0.6) is 0 Å². The topological polar surface area (TPSA) is 8.17 Å². The molecule has 0 amide bonds. The third-order valence-corrected chi connectivity index (χ3v) is 14.8. The summed E-state index contributed by atoms with van der Waals surface area (Å²) in [7, 11) is 0. The molecule has 69 heavy (non-hydrogen) atoms. The van der Waals surface area contributed by atoms with Gasteiger partial charge in [0.2, 0.25) is 0 Å². The summed E-state index contributed by atoms with van der Waals surface area (Å²) in [6.45, 7) is 0. The van der Waals surface area contributed by atoms with Gasteiger partial charge in [-0.2, -0.15) is 0 Å². The number of nitrogens with zero attached hydrogens (tertiary/aromatic N) is 2. The highest BCUT2D eigenvalue weighted by Crippen LogP contribution is 2.63. The van der Waals surface area contributed by atoms with Crippen molar-refractivity contribution in [1.29, 1.82) is 0 Å². The minimum Gasteiger partial charge on any atom is -0.310 e. The van der Waals surface area contributed by atoms with Gasteiger partial charge in [-0.1, -0.05) is 194 Å². The molecule has 0 atom stereocenters. The molecule has 2 nitrogen and oxygen atoms in total. The standard InChI is InChI=1S/C67H44N2/c1-3-16-45(17-4-1)46-30-37-53(38-31-46)69-65-29-14-10-25-59(65)60-43-50(34-41-66(60)69)49-19-15-18-48(42-49)47-32-35-52(36-33-47)68(51-20-5-2-6-21-51)54-39-40-58-57-24-9-13-28-63(57)67(64(58)44-54)61-26-11-7-22-55(61)56-23-8-12-27-62(56)67/h1-44H. The maximum Gasteiger partial charge on any atom is 0.0726 e. The van der Waals surface area contributed by atoms with Gasteiger partial charge in [-0.25, -0.2) is 0 Å². The van der Waals surface area contributed by atoms with E-state index in [1.54, 1.807) is 0 Å². The molecule has 0 bridgehead atoms. The number of para-hydroxylation sites is 2. The Hall–Kier alpha value is -8.98. The molecule has 11 aromatic carbocycles. The molecule has 0 saturated carbocycles. The van der Waals surface area contributed by atoms with Crippen LogP contribution < -0.4 is 4.90 Å². The Balaban J connectivity index is 0.831. The van der Waals surface area contributed by atoms with Crippen molar-refractivity contribution < 1.29 is 0 Å². The minimum atomic E-state index is -0.414. The number of hydrogen-bond donors (Lipinski definition) is 0. The van der Waals surface area contributed by atoms with Gasteiger partial charge in [0.1, 0.15) is 0 Å². The Morgan fingerprint density at radius 2 is 0.710 bits per heavy atom. The highest BCUT2D eigenvalue weighted by Gasteiger charge is 2.51. The molecule has 0 unspecified atom stereocenters. The smallest absolute Gasteiger partial charge is 0.0726 e. The van der Waals surface area contributed by atoms with Crippen LogP contribution in [0.4, 0.5) is 17.1 Å². The van der Waals surface area contributed by atoms with Gasteiger partial charge in [0.15, 0.2) is 0 Å². The van der Waals surface area contributed by atoms with Crippen molar-refractivity contribution in [3.05, 3.63) is 289 Å². The normalized spacial score (nSPS) is 12.8. The number of aromatic nitrogens is 1. The molecule has 1 spiro atoms. The zero-order chi connectivity index (χ0) is 45.5. The Labute approximate surface area is 402 Å². The van der Waals surface area contributed by atoms with Crippen molar-refractivity contribution in [3.8, 4) is 61.3 Å². The van der Waals surface area contributed by atoms with Gasteiger partial charge in [0, 0.05) is 33.5 Å². The van der Waals surface area contributed by atoms with Crippen molar-refractivity contribution in [2.75, 3.05) is 4.90 Å². The van der Waals surface area contributed by atoms with Gasteiger partial charge in [-0.05, 0) is 151 Å². The van der Waals surface area contributed by atoms with E-state index in [4.69, 9.17) is 0 Å². The number of hydrogen-bond acceptors (Lipinski definition) is 1. The van der Waals surface area contributed by atoms with E-state index in [0.29, 0.717) is 0 Å². The molecule has 0 fully saturated rings. The molecular formula is C67H44N2. The van der Waals surface area contributed by atoms with Gasteiger partial charge in [0.25, 0.3) is 0 Å². The molecule has 1 aromatic heterocycles. The lowest BCUT2D eigenvalue weighted by atomic mass is 9.70. The van der Waals surface area contributed by atoms with Crippen molar-refractivity contribution >= 4 is 38.9 Å². The third-order valence-electron chi connectivity index (χ3n) is 14.8. The maximum absolute atomic E-state index is 2.47. The van der Waals surface area contributed by atoms with Gasteiger partial charge in [-0.15, -0.1) is 0 Å². The number of anilines is 3. The van der Waals surface area contributed by atoms with E-state index in [1.807, 2.05) is 0 Å². The van der Waals surface area contributed by atoms with Crippen LogP contribution in [-0.4, -0.2) is 4.57 Å². The second-order valence-corrected chi connectivity index (χ2v) is 18.4. The average molecular weight is 877 g/mol. The van der Waals surface area contributed by atoms with Crippen LogP contribution in [0.3, 0.4) is 0 Å². The monoisotopic (exact) mass is 876 g/mol. The van der Waals surface area contributed by atoms with E-state index in [2.05, 4.69) is 276 Å². The predicted octanol–water partition coefficient (Wildman–Crippen LogP) is 17.6. The molecule has 2 aliphatic carbocycles. The highest BCUT2D eigenvalue weighted by molar-refractivity contribution is 6.10. The van der Waals surface area contributed by atoms with Gasteiger partial charge in [-0.3, -0.25) is 0 Å². The summed E-state index contributed by atoms with van der Waals surface area (Å²) in [5.74, 6) is 0. The fourth-order valence-corrected chi connectivity index (χ4v) is 11.8. The second kappa shape index (κ2) is 15.6. The fourth-order valence-electron chi connectivity index (χ4n) is 11.8. The zero-order valence-electron chi connectivity index (χ0n) is 37.8. The first-order valence-corrected chi connectivity index (χ1v) is 23.9. The molecule has 2 aliphatic rings. The van der Waals surface area contributed by atoms with Crippen molar-refractivity contribution in [2.24, 2.45) is 0 Å². The Morgan fingerprint density at radius 3 is 1.39 bits per heavy atom. The van der Waals surface area contributed by atoms with E-state index in [-0.39, 0.29) is 0 Å². The van der Waals surface area contributed by atoms with Crippen LogP contribution in [0.1, 0.15) is 22.3 Å². The highest BCUT2D eigenvalue weighted by atomic mass is 15.1. The van der Waals surface area contributed by atoms with Crippen LogP contribution >= 0.6 is 0 Å². The Morgan fingerprint density at radius 1 is 0.261 bits per heavy atom. The van der Waals surface area contributed by atoms with Crippen LogP contribution in [0, 0.1) is 0 Å². The molecule has 14 rings (SSSR count). The molecule has 0 N–H and O–H groups in total. The minimum absolute atomic E-state index is 0.414. The summed E-state index contributed by atoms with van der Waals surface area (Å²) in [4.78, 5) is 2.41. The largest absolute Gasteiger partial charge is 0.310 e. The van der Waals surface area contributed by atoms with Gasteiger partial charge in [0.05, 0.1) is 16.4 Å². The first-order chi connectivity index (χ1) is 34.2. The number of fused-ring (bicyclic) bond motifs is 13. The quantitative estimate of drug-likeness (QED) is 0.155. The van der Waals surface area contributed by atoms with E-state index >= 15 is 0 Å². The molecule has 1 heterocycles. The Bertz CT molecular complexity index is 3870. The van der Waals surface area contributed by atoms with E-state index in [9.17, 15) is 0 Å². The lowest BCUT2D eigenvalue weighted by Gasteiger charge is -2.32. The van der Waals surface area contributed by atoms with Crippen molar-refractivity contribution in [1.82, 2.24) is 4.57 Å². The molecule has 12 aromatic rings. The third kappa shape index (κ3) is 5.99. The summed E-state index contributed by atoms with van der Waals surface area (Å²) in [6.07, 6.45) is 0. The van der Waals surface area contributed by atoms with E-state index < -0.39 is 5.41 Å². The summed E-state index contributed by atoms with van der Waals surface area (Å²) in [5.41, 5.74) is 24.3. The molecule has 2 heteroatoms. The lowest BCUT2D eigenvalue weighted by molar-refractivity contribution is 0.793. The molecule has 0 saturated heterocycles. The van der Waals surface area contributed by atoms with Gasteiger partial charge >= 0.3 is 0 Å². The number of rotatable bonds is 7. The SMILES string of the molecule is c1ccc(-c2ccc(-n3c4ccccc4c4cc(-c5cccc(-c6ccc(N(c7ccccc7)c7ccc8c(c7)C7(c9ccccc9-c9ccccc97)c7ccccc7-8)cc6)c5)ccc43)cc2)cc1. The van der Waals surface area contributed by atoms with E-state index in [0.717, 1.165) is 22.7 Å². The zero-order valence-corrected chi connectivity index (χ0v) is 37.8.